The average molecular weight is 273 g/mol. The fraction of sp³-hybridized carbons (Fsp3) is 0.412. The zero-order valence-corrected chi connectivity index (χ0v) is 12.6. The van der Waals surface area contributed by atoms with E-state index in [0.717, 1.165) is 13.0 Å². The molecule has 1 N–H and O–H groups in total. The summed E-state index contributed by atoms with van der Waals surface area (Å²) in [6, 6.07) is 13.5. The zero-order valence-electron chi connectivity index (χ0n) is 11.8. The number of rotatable bonds is 7. The Bertz CT molecular complexity index is 449. The third kappa shape index (κ3) is 4.19. The molecular weight excluding hydrogens is 250 g/mol. The molecule has 0 saturated carbocycles. The highest BCUT2D eigenvalue weighted by Crippen LogP contribution is 2.25. The average Bonchev–Trinajstić information content (AvgIpc) is 2.93. The maximum absolute atomic E-state index is 3.70. The monoisotopic (exact) mass is 273 g/mol. The van der Waals surface area contributed by atoms with Crippen LogP contribution in [0.2, 0.25) is 0 Å². The van der Waals surface area contributed by atoms with Crippen LogP contribution >= 0.6 is 11.3 Å². The molecule has 0 fully saturated rings. The summed E-state index contributed by atoms with van der Waals surface area (Å²) in [5.74, 6) is 0.601. The van der Waals surface area contributed by atoms with Crippen LogP contribution in [-0.2, 0) is 6.42 Å². The van der Waals surface area contributed by atoms with Gasteiger partial charge in [-0.3, -0.25) is 0 Å². The number of thiophene rings is 1. The van der Waals surface area contributed by atoms with Crippen molar-refractivity contribution in [3.05, 3.63) is 58.3 Å². The summed E-state index contributed by atoms with van der Waals surface area (Å²) in [7, 11) is 0. The second kappa shape index (κ2) is 7.46. The van der Waals surface area contributed by atoms with Gasteiger partial charge in [-0.15, -0.1) is 0 Å². The van der Waals surface area contributed by atoms with Crippen molar-refractivity contribution in [2.24, 2.45) is 5.92 Å². The minimum atomic E-state index is 0.445. The van der Waals surface area contributed by atoms with Crippen LogP contribution in [0, 0.1) is 5.92 Å². The molecule has 0 bridgehead atoms. The van der Waals surface area contributed by atoms with Crippen LogP contribution in [0.4, 0.5) is 0 Å². The Hall–Kier alpha value is -1.12. The molecule has 0 saturated heterocycles. The summed E-state index contributed by atoms with van der Waals surface area (Å²) in [4.78, 5) is 0. The summed E-state index contributed by atoms with van der Waals surface area (Å²) < 4.78 is 0. The van der Waals surface area contributed by atoms with Gasteiger partial charge in [-0.05, 0) is 53.3 Å². The van der Waals surface area contributed by atoms with Crippen molar-refractivity contribution in [2.75, 3.05) is 6.54 Å². The summed E-state index contributed by atoms with van der Waals surface area (Å²) in [5.41, 5.74) is 2.86. The highest BCUT2D eigenvalue weighted by Gasteiger charge is 2.18. The molecule has 0 radical (unpaired) electrons. The Morgan fingerprint density at radius 1 is 1.16 bits per heavy atom. The molecule has 2 rings (SSSR count). The van der Waals surface area contributed by atoms with Gasteiger partial charge in [0, 0.05) is 6.04 Å². The maximum atomic E-state index is 3.70. The largest absolute Gasteiger partial charge is 0.310 e. The maximum Gasteiger partial charge on any atom is 0.0349 e. The molecule has 2 atom stereocenters. The Morgan fingerprint density at radius 2 is 1.95 bits per heavy atom. The van der Waals surface area contributed by atoms with Gasteiger partial charge in [-0.2, -0.15) is 11.3 Å². The van der Waals surface area contributed by atoms with Gasteiger partial charge in [0.15, 0.2) is 0 Å². The lowest BCUT2D eigenvalue weighted by atomic mass is 9.90. The summed E-state index contributed by atoms with van der Waals surface area (Å²) in [6.07, 6.45) is 2.31. The molecule has 2 aromatic rings. The topological polar surface area (TPSA) is 12.0 Å². The molecular formula is C17H23NS. The Morgan fingerprint density at radius 3 is 2.58 bits per heavy atom. The lowest BCUT2D eigenvalue weighted by molar-refractivity contribution is 0.384. The molecule has 102 valence electrons. The van der Waals surface area contributed by atoms with Crippen molar-refractivity contribution in [1.29, 1.82) is 0 Å². The van der Waals surface area contributed by atoms with Gasteiger partial charge in [0.25, 0.3) is 0 Å². The summed E-state index contributed by atoms with van der Waals surface area (Å²) in [5, 5.41) is 8.13. The lowest BCUT2D eigenvalue weighted by Crippen LogP contribution is -2.28. The van der Waals surface area contributed by atoms with Crippen LogP contribution in [0.3, 0.4) is 0 Å². The van der Waals surface area contributed by atoms with Crippen LogP contribution in [0.1, 0.15) is 37.4 Å². The van der Waals surface area contributed by atoms with Gasteiger partial charge < -0.3 is 5.32 Å². The number of benzene rings is 1. The third-order valence-electron chi connectivity index (χ3n) is 3.48. The van der Waals surface area contributed by atoms with Gasteiger partial charge in [0.2, 0.25) is 0 Å². The summed E-state index contributed by atoms with van der Waals surface area (Å²) >= 11 is 1.79. The molecule has 19 heavy (non-hydrogen) atoms. The van der Waals surface area contributed by atoms with E-state index in [1.54, 1.807) is 11.3 Å². The van der Waals surface area contributed by atoms with Gasteiger partial charge in [-0.1, -0.05) is 44.2 Å². The zero-order chi connectivity index (χ0) is 13.5. The summed E-state index contributed by atoms with van der Waals surface area (Å²) in [6.45, 7) is 5.64. The molecule has 1 heterocycles. The molecule has 0 aliphatic carbocycles. The third-order valence-corrected chi connectivity index (χ3v) is 4.21. The van der Waals surface area contributed by atoms with E-state index >= 15 is 0 Å². The van der Waals surface area contributed by atoms with E-state index in [4.69, 9.17) is 0 Å². The Labute approximate surface area is 120 Å². The van der Waals surface area contributed by atoms with Crippen molar-refractivity contribution < 1.29 is 0 Å². The van der Waals surface area contributed by atoms with E-state index in [1.165, 1.54) is 17.5 Å². The van der Waals surface area contributed by atoms with Crippen molar-refractivity contribution >= 4 is 11.3 Å². The number of hydrogen-bond donors (Lipinski definition) is 1. The van der Waals surface area contributed by atoms with Gasteiger partial charge in [0.1, 0.15) is 0 Å². The van der Waals surface area contributed by atoms with Crippen molar-refractivity contribution in [3.8, 4) is 0 Å². The first-order valence-corrected chi connectivity index (χ1v) is 8.05. The molecule has 1 nitrogen and oxygen atoms in total. The van der Waals surface area contributed by atoms with Crippen LogP contribution in [0.15, 0.2) is 47.2 Å². The van der Waals surface area contributed by atoms with E-state index < -0.39 is 0 Å². The van der Waals surface area contributed by atoms with Gasteiger partial charge >= 0.3 is 0 Å². The van der Waals surface area contributed by atoms with E-state index in [2.05, 4.69) is 66.3 Å². The van der Waals surface area contributed by atoms with Gasteiger partial charge in [-0.25, -0.2) is 0 Å². The minimum absolute atomic E-state index is 0.445. The lowest BCUT2D eigenvalue weighted by Gasteiger charge is -2.25. The molecule has 0 amide bonds. The first-order valence-electron chi connectivity index (χ1n) is 7.10. The van der Waals surface area contributed by atoms with Crippen LogP contribution < -0.4 is 5.32 Å². The van der Waals surface area contributed by atoms with Crippen molar-refractivity contribution in [1.82, 2.24) is 5.32 Å². The predicted octanol–water partition coefficient (Wildman–Crippen LogP) is 4.67. The standard InChI is InChI=1S/C17H23NS/c1-3-10-18-17(16-7-5-4-6-8-16)14(2)12-15-9-11-19-13-15/h4-9,11,13-14,17-18H,3,10,12H2,1-2H3. The molecule has 2 heteroatoms. The highest BCUT2D eigenvalue weighted by atomic mass is 32.1. The van der Waals surface area contributed by atoms with Crippen molar-refractivity contribution in [3.63, 3.8) is 0 Å². The molecule has 1 aromatic carbocycles. The van der Waals surface area contributed by atoms with Crippen LogP contribution in [0.25, 0.3) is 0 Å². The predicted molar refractivity (Wildman–Crippen MR) is 84.7 cm³/mol. The smallest absolute Gasteiger partial charge is 0.0349 e. The quantitative estimate of drug-likeness (QED) is 0.773. The second-order valence-corrected chi connectivity index (χ2v) is 5.94. The second-order valence-electron chi connectivity index (χ2n) is 5.16. The SMILES string of the molecule is CCCNC(c1ccccc1)C(C)Cc1ccsc1. The molecule has 0 aliphatic rings. The Balaban J connectivity index is 2.08. The normalized spacial score (nSPS) is 14.2. The molecule has 0 spiro atoms. The highest BCUT2D eigenvalue weighted by molar-refractivity contribution is 7.07. The molecule has 0 aliphatic heterocycles. The van der Waals surface area contributed by atoms with Gasteiger partial charge in [0.05, 0.1) is 0 Å². The van der Waals surface area contributed by atoms with E-state index in [1.807, 2.05) is 0 Å². The van der Waals surface area contributed by atoms with E-state index in [9.17, 15) is 0 Å². The number of hydrogen-bond acceptors (Lipinski definition) is 2. The molecule has 2 unspecified atom stereocenters. The fourth-order valence-corrected chi connectivity index (χ4v) is 3.19. The fourth-order valence-electron chi connectivity index (χ4n) is 2.51. The van der Waals surface area contributed by atoms with Crippen LogP contribution in [0.5, 0.6) is 0 Å². The minimum Gasteiger partial charge on any atom is -0.310 e. The van der Waals surface area contributed by atoms with E-state index in [0.29, 0.717) is 12.0 Å². The molecule has 1 aromatic heterocycles. The first kappa shape index (κ1) is 14.3. The van der Waals surface area contributed by atoms with E-state index in [-0.39, 0.29) is 0 Å². The van der Waals surface area contributed by atoms with Crippen molar-refractivity contribution in [2.45, 2.75) is 32.7 Å². The first-order chi connectivity index (χ1) is 9.31. The van der Waals surface area contributed by atoms with Crippen LogP contribution in [-0.4, -0.2) is 6.54 Å². The Kier molecular flexibility index (Phi) is 5.62. The number of nitrogens with one attached hydrogen (secondary N) is 1.